The molecule has 12 heavy (non-hydrogen) atoms. The second-order valence-corrected chi connectivity index (χ2v) is 2.28. The van der Waals surface area contributed by atoms with Crippen molar-refractivity contribution in [3.63, 3.8) is 0 Å². The fraction of sp³-hybridized carbons (Fsp3) is 0.600. The Bertz CT molecular complexity index is 217. The molecule has 1 heterocycles. The van der Waals surface area contributed by atoms with E-state index in [4.69, 9.17) is 5.41 Å². The lowest BCUT2D eigenvalue weighted by molar-refractivity contribution is -0.238. The lowest BCUT2D eigenvalue weighted by Crippen LogP contribution is -2.49. The molecule has 0 aromatic heterocycles. The molecule has 4 nitrogen and oxygen atoms in total. The van der Waals surface area contributed by atoms with E-state index in [-0.39, 0.29) is 18.8 Å². The van der Waals surface area contributed by atoms with Crippen LogP contribution in [0.3, 0.4) is 0 Å². The van der Waals surface area contributed by atoms with Gasteiger partial charge >= 0.3 is 12.1 Å². The van der Waals surface area contributed by atoms with Gasteiger partial charge in [-0.1, -0.05) is 0 Å². The highest BCUT2D eigenvalue weighted by Gasteiger charge is 2.43. The number of nitrogens with one attached hydrogen (secondary N) is 1. The summed E-state index contributed by atoms with van der Waals surface area (Å²) in [5.41, 5.74) is 0.241. The van der Waals surface area contributed by atoms with Gasteiger partial charge in [-0.05, 0) is 0 Å². The number of carbonyl (C=O) groups excluding carboxylic acids is 1. The Morgan fingerprint density at radius 2 is 2.00 bits per heavy atom. The zero-order valence-electron chi connectivity index (χ0n) is 5.81. The summed E-state index contributed by atoms with van der Waals surface area (Å²) in [5.74, 6) is -2.24. The maximum absolute atomic E-state index is 11.5. The topological polar surface area (TPSA) is 53.4 Å². The first kappa shape index (κ1) is 8.98. The van der Waals surface area contributed by atoms with Gasteiger partial charge in [-0.25, -0.2) is 4.79 Å². The van der Waals surface area contributed by atoms with Crippen LogP contribution < -0.4 is 0 Å². The number of rotatable bonds is 1. The molecule has 0 atom stereocenters. The van der Waals surface area contributed by atoms with Gasteiger partial charge in [0, 0.05) is 5.71 Å². The number of halogens is 3. The number of carbonyl (C=O) groups is 1. The van der Waals surface area contributed by atoms with E-state index >= 15 is 0 Å². The molecule has 0 aliphatic carbocycles. The van der Waals surface area contributed by atoms with E-state index in [0.717, 1.165) is 5.06 Å². The van der Waals surface area contributed by atoms with Gasteiger partial charge in [-0.3, -0.25) is 0 Å². The van der Waals surface area contributed by atoms with E-state index in [1.165, 1.54) is 0 Å². The average Bonchev–Trinajstić information content (AvgIpc) is 1.82. The normalized spacial score (nSPS) is 18.8. The summed E-state index contributed by atoms with van der Waals surface area (Å²) in [5, 5.41) is 7.62. The molecule has 1 aliphatic rings. The van der Waals surface area contributed by atoms with Gasteiger partial charge in [0.25, 0.3) is 0 Å². The van der Waals surface area contributed by atoms with Crippen molar-refractivity contribution in [1.29, 1.82) is 5.41 Å². The van der Waals surface area contributed by atoms with Crippen molar-refractivity contribution in [1.82, 2.24) is 5.06 Å². The molecule has 0 spiro atoms. The van der Waals surface area contributed by atoms with Gasteiger partial charge in [0.05, 0.1) is 13.1 Å². The van der Waals surface area contributed by atoms with E-state index in [2.05, 4.69) is 4.84 Å². The van der Waals surface area contributed by atoms with E-state index in [1.54, 1.807) is 0 Å². The number of hydroxylamine groups is 2. The zero-order valence-corrected chi connectivity index (χ0v) is 5.81. The molecule has 7 heteroatoms. The first-order valence-electron chi connectivity index (χ1n) is 3.00. The van der Waals surface area contributed by atoms with Crippen LogP contribution >= 0.6 is 0 Å². The summed E-state index contributed by atoms with van der Waals surface area (Å²) < 4.78 is 34.5. The second kappa shape index (κ2) is 2.74. The number of nitrogens with zero attached hydrogens (tertiary/aromatic N) is 1. The van der Waals surface area contributed by atoms with Gasteiger partial charge in [0.1, 0.15) is 0 Å². The van der Waals surface area contributed by atoms with Crippen LogP contribution in [0, 0.1) is 5.41 Å². The van der Waals surface area contributed by atoms with Crippen molar-refractivity contribution in [2.75, 3.05) is 13.1 Å². The molecule has 0 unspecified atom stereocenters. The Morgan fingerprint density at radius 3 is 2.33 bits per heavy atom. The molecule has 0 bridgehead atoms. The molecular formula is C5H5F3N2O2. The molecule has 1 saturated heterocycles. The molecule has 1 rings (SSSR count). The standard InChI is InChI=1S/C5H5F3N2O2/c6-5(7,8)4(11)12-10-1-3(9)2-10/h9H,1-2H2. The van der Waals surface area contributed by atoms with Crippen LogP contribution in [0.4, 0.5) is 13.2 Å². The van der Waals surface area contributed by atoms with Gasteiger partial charge in [-0.15, -0.1) is 5.06 Å². The van der Waals surface area contributed by atoms with Crippen molar-refractivity contribution in [3.05, 3.63) is 0 Å². The molecule has 0 radical (unpaired) electrons. The van der Waals surface area contributed by atoms with E-state index in [0.29, 0.717) is 0 Å². The Hall–Kier alpha value is -1.11. The van der Waals surface area contributed by atoms with Crippen LogP contribution in [-0.4, -0.2) is 36.0 Å². The lowest BCUT2D eigenvalue weighted by Gasteiger charge is -2.29. The van der Waals surface area contributed by atoms with Crippen LogP contribution in [-0.2, 0) is 9.63 Å². The highest BCUT2D eigenvalue weighted by molar-refractivity contribution is 5.90. The van der Waals surface area contributed by atoms with Crippen LogP contribution in [0.15, 0.2) is 0 Å². The van der Waals surface area contributed by atoms with Crippen molar-refractivity contribution >= 4 is 11.7 Å². The minimum absolute atomic E-state index is 0.0399. The average molecular weight is 182 g/mol. The largest absolute Gasteiger partial charge is 0.492 e. The van der Waals surface area contributed by atoms with E-state index in [9.17, 15) is 18.0 Å². The fourth-order valence-corrected chi connectivity index (χ4v) is 0.613. The summed E-state index contributed by atoms with van der Waals surface area (Å²) in [7, 11) is 0. The maximum atomic E-state index is 11.5. The quantitative estimate of drug-likeness (QED) is 0.636. The monoisotopic (exact) mass is 182 g/mol. The van der Waals surface area contributed by atoms with Gasteiger partial charge in [0.15, 0.2) is 0 Å². The summed E-state index contributed by atoms with van der Waals surface area (Å²) in [6.07, 6.45) is -4.96. The molecule has 0 aromatic carbocycles. The van der Waals surface area contributed by atoms with Crippen molar-refractivity contribution in [2.24, 2.45) is 0 Å². The maximum Gasteiger partial charge on any atom is 0.492 e. The molecular weight excluding hydrogens is 177 g/mol. The first-order valence-corrected chi connectivity index (χ1v) is 3.00. The third-order valence-corrected chi connectivity index (χ3v) is 1.18. The van der Waals surface area contributed by atoms with Crippen LogP contribution in [0.5, 0.6) is 0 Å². The minimum Gasteiger partial charge on any atom is -0.360 e. The number of hydrogen-bond acceptors (Lipinski definition) is 4. The highest BCUT2D eigenvalue weighted by Crippen LogP contribution is 2.18. The molecule has 1 fully saturated rings. The van der Waals surface area contributed by atoms with Gasteiger partial charge < -0.3 is 10.2 Å². The zero-order chi connectivity index (χ0) is 9.35. The molecule has 1 aliphatic heterocycles. The second-order valence-electron chi connectivity index (χ2n) is 2.28. The molecule has 0 aromatic rings. The van der Waals surface area contributed by atoms with Crippen molar-refractivity contribution in [3.8, 4) is 0 Å². The minimum atomic E-state index is -4.96. The van der Waals surface area contributed by atoms with E-state index in [1.807, 2.05) is 0 Å². The molecule has 0 saturated carbocycles. The number of hydrogen-bond donors (Lipinski definition) is 1. The lowest BCUT2D eigenvalue weighted by atomic mass is 10.2. The Balaban J connectivity index is 2.33. The number of alkyl halides is 3. The van der Waals surface area contributed by atoms with Crippen LogP contribution in [0.2, 0.25) is 0 Å². The fourth-order valence-electron chi connectivity index (χ4n) is 0.613. The summed E-state index contributed by atoms with van der Waals surface area (Å²) in [6.45, 7) is -0.0797. The molecule has 0 amide bonds. The highest BCUT2D eigenvalue weighted by atomic mass is 19.4. The third-order valence-electron chi connectivity index (χ3n) is 1.18. The van der Waals surface area contributed by atoms with Gasteiger partial charge in [-0.2, -0.15) is 13.2 Å². The summed E-state index contributed by atoms with van der Waals surface area (Å²) >= 11 is 0. The predicted octanol–water partition coefficient (Wildman–Crippen LogP) is 0.342. The smallest absolute Gasteiger partial charge is 0.360 e. The van der Waals surface area contributed by atoms with Gasteiger partial charge in [0.2, 0.25) is 0 Å². The van der Waals surface area contributed by atoms with Crippen molar-refractivity contribution < 1.29 is 22.8 Å². The first-order chi connectivity index (χ1) is 5.39. The van der Waals surface area contributed by atoms with E-state index < -0.39 is 12.1 Å². The molecule has 68 valence electrons. The Morgan fingerprint density at radius 1 is 1.50 bits per heavy atom. The van der Waals surface area contributed by atoms with Crippen LogP contribution in [0.25, 0.3) is 0 Å². The Kier molecular flexibility index (Phi) is 2.05. The Labute approximate surface area is 65.4 Å². The van der Waals surface area contributed by atoms with Crippen molar-refractivity contribution in [2.45, 2.75) is 6.18 Å². The SMILES string of the molecule is N=C1CN(OC(=O)C(F)(F)F)C1. The predicted molar refractivity (Wildman–Crippen MR) is 31.4 cm³/mol. The molecule has 1 N–H and O–H groups in total. The summed E-state index contributed by atoms with van der Waals surface area (Å²) in [6, 6.07) is 0. The summed E-state index contributed by atoms with van der Waals surface area (Å²) in [4.78, 5) is 14.0. The van der Waals surface area contributed by atoms with Crippen LogP contribution in [0.1, 0.15) is 0 Å². The third kappa shape index (κ3) is 1.94.